The highest BCUT2D eigenvalue weighted by atomic mass is 16.5. The lowest BCUT2D eigenvalue weighted by Gasteiger charge is -2.10. The van der Waals surface area contributed by atoms with Crippen LogP contribution in [-0.2, 0) is 0 Å². The molecule has 0 saturated heterocycles. The lowest BCUT2D eigenvalue weighted by Crippen LogP contribution is -2.02. The average molecular weight is 161 g/mol. The van der Waals surface area contributed by atoms with Gasteiger partial charge in [-0.2, -0.15) is 0 Å². The standard InChI is InChI=1S/C9H7NO2/c11-6-7-1-2-8-9(5-7)12-4-3-10-8/h1-3,5-6H,4H2. The van der Waals surface area contributed by atoms with E-state index in [9.17, 15) is 4.79 Å². The lowest BCUT2D eigenvalue weighted by atomic mass is 10.2. The molecular weight excluding hydrogens is 154 g/mol. The molecule has 0 radical (unpaired) electrons. The number of carbonyl (C=O) groups excluding carboxylic acids is 1. The minimum atomic E-state index is 0.481. The SMILES string of the molecule is O=Cc1ccc2c(c1)OCC=N2. The Kier molecular flexibility index (Phi) is 1.63. The predicted molar refractivity (Wildman–Crippen MR) is 45.5 cm³/mol. The number of fused-ring (bicyclic) bond motifs is 1. The third-order valence-corrected chi connectivity index (χ3v) is 1.66. The Bertz CT molecular complexity index is 344. The first-order chi connectivity index (χ1) is 5.90. The molecule has 0 aromatic heterocycles. The molecule has 1 aliphatic rings. The lowest BCUT2D eigenvalue weighted by molar-refractivity contribution is 0.112. The molecule has 1 heterocycles. The summed E-state index contributed by atoms with van der Waals surface area (Å²) < 4.78 is 5.26. The summed E-state index contributed by atoms with van der Waals surface area (Å²) in [6, 6.07) is 5.19. The average Bonchev–Trinajstić information content (AvgIpc) is 2.17. The van der Waals surface area contributed by atoms with Crippen LogP contribution in [0.5, 0.6) is 5.75 Å². The Morgan fingerprint density at radius 1 is 1.50 bits per heavy atom. The molecule has 0 atom stereocenters. The van der Waals surface area contributed by atoms with Gasteiger partial charge in [0, 0.05) is 11.8 Å². The Balaban J connectivity index is 2.50. The van der Waals surface area contributed by atoms with Crippen molar-refractivity contribution < 1.29 is 9.53 Å². The number of hydrogen-bond acceptors (Lipinski definition) is 3. The highest BCUT2D eigenvalue weighted by molar-refractivity contribution is 5.79. The smallest absolute Gasteiger partial charge is 0.150 e. The highest BCUT2D eigenvalue weighted by Gasteiger charge is 2.06. The van der Waals surface area contributed by atoms with Crippen molar-refractivity contribution in [2.75, 3.05) is 6.61 Å². The maximum atomic E-state index is 10.4. The summed E-state index contributed by atoms with van der Waals surface area (Å²) in [6.45, 7) is 0.481. The first-order valence-corrected chi connectivity index (χ1v) is 3.65. The minimum absolute atomic E-state index is 0.481. The van der Waals surface area contributed by atoms with E-state index in [1.54, 1.807) is 24.4 Å². The number of hydrogen-bond donors (Lipinski definition) is 0. The number of benzene rings is 1. The van der Waals surface area contributed by atoms with Crippen LogP contribution in [0.25, 0.3) is 0 Å². The van der Waals surface area contributed by atoms with Gasteiger partial charge in [-0.05, 0) is 18.2 Å². The van der Waals surface area contributed by atoms with Gasteiger partial charge in [0.1, 0.15) is 24.3 Å². The van der Waals surface area contributed by atoms with Crippen molar-refractivity contribution in [3.8, 4) is 5.75 Å². The molecule has 0 aliphatic carbocycles. The second-order valence-electron chi connectivity index (χ2n) is 2.47. The molecule has 1 aromatic rings. The van der Waals surface area contributed by atoms with Crippen LogP contribution in [0.15, 0.2) is 23.2 Å². The van der Waals surface area contributed by atoms with Crippen molar-refractivity contribution in [1.82, 2.24) is 0 Å². The van der Waals surface area contributed by atoms with Gasteiger partial charge in [0.15, 0.2) is 0 Å². The third-order valence-electron chi connectivity index (χ3n) is 1.66. The van der Waals surface area contributed by atoms with Crippen LogP contribution in [0.3, 0.4) is 0 Å². The fraction of sp³-hybridized carbons (Fsp3) is 0.111. The normalized spacial score (nSPS) is 13.3. The summed E-state index contributed by atoms with van der Waals surface area (Å²) in [5.41, 5.74) is 1.40. The number of rotatable bonds is 1. The van der Waals surface area contributed by atoms with Gasteiger partial charge in [-0.25, -0.2) is 0 Å². The molecule has 0 unspecified atom stereocenters. The third kappa shape index (κ3) is 1.09. The molecular formula is C9H7NO2. The van der Waals surface area contributed by atoms with Crippen LogP contribution >= 0.6 is 0 Å². The topological polar surface area (TPSA) is 38.7 Å². The van der Waals surface area contributed by atoms with Gasteiger partial charge in [0.25, 0.3) is 0 Å². The maximum absolute atomic E-state index is 10.4. The van der Waals surface area contributed by atoms with Crippen LogP contribution in [0, 0.1) is 0 Å². The molecule has 0 saturated carbocycles. The number of nitrogens with zero attached hydrogens (tertiary/aromatic N) is 1. The van der Waals surface area contributed by atoms with Gasteiger partial charge in [0.2, 0.25) is 0 Å². The molecule has 60 valence electrons. The van der Waals surface area contributed by atoms with E-state index in [1.165, 1.54) is 0 Å². The van der Waals surface area contributed by atoms with Crippen molar-refractivity contribution in [2.45, 2.75) is 0 Å². The van der Waals surface area contributed by atoms with E-state index in [2.05, 4.69) is 4.99 Å². The van der Waals surface area contributed by atoms with Crippen molar-refractivity contribution >= 4 is 18.2 Å². The van der Waals surface area contributed by atoms with Gasteiger partial charge in [0.05, 0.1) is 0 Å². The summed E-state index contributed by atoms with van der Waals surface area (Å²) in [5, 5.41) is 0. The number of carbonyl (C=O) groups is 1. The summed E-state index contributed by atoms with van der Waals surface area (Å²) in [5.74, 6) is 0.683. The zero-order chi connectivity index (χ0) is 8.39. The Hall–Kier alpha value is -1.64. The minimum Gasteiger partial charge on any atom is -0.486 e. The van der Waals surface area contributed by atoms with Crippen molar-refractivity contribution in [3.05, 3.63) is 23.8 Å². The maximum Gasteiger partial charge on any atom is 0.150 e. The van der Waals surface area contributed by atoms with Crippen molar-refractivity contribution in [1.29, 1.82) is 0 Å². The zero-order valence-electron chi connectivity index (χ0n) is 6.36. The number of ether oxygens (including phenoxy) is 1. The van der Waals surface area contributed by atoms with E-state index in [4.69, 9.17) is 4.74 Å². The fourth-order valence-corrected chi connectivity index (χ4v) is 1.09. The molecule has 0 fully saturated rings. The van der Waals surface area contributed by atoms with Crippen LogP contribution in [0.1, 0.15) is 10.4 Å². The first kappa shape index (κ1) is 7.03. The first-order valence-electron chi connectivity index (χ1n) is 3.65. The summed E-state index contributed by atoms with van der Waals surface area (Å²) in [6.07, 6.45) is 2.49. The van der Waals surface area contributed by atoms with Crippen LogP contribution in [0.2, 0.25) is 0 Å². The molecule has 0 amide bonds. The van der Waals surface area contributed by atoms with Gasteiger partial charge in [-0.1, -0.05) is 0 Å². The van der Waals surface area contributed by atoms with Crippen LogP contribution in [0.4, 0.5) is 5.69 Å². The Labute approximate surface area is 69.7 Å². The highest BCUT2D eigenvalue weighted by Crippen LogP contribution is 2.29. The second kappa shape index (κ2) is 2.77. The van der Waals surface area contributed by atoms with E-state index in [0.717, 1.165) is 12.0 Å². The largest absolute Gasteiger partial charge is 0.486 e. The summed E-state index contributed by atoms with van der Waals surface area (Å²) >= 11 is 0. The molecule has 1 aromatic carbocycles. The number of aldehydes is 1. The van der Waals surface area contributed by atoms with Gasteiger partial charge in [-0.15, -0.1) is 0 Å². The van der Waals surface area contributed by atoms with Gasteiger partial charge in [-0.3, -0.25) is 9.79 Å². The summed E-state index contributed by atoms with van der Waals surface area (Å²) in [7, 11) is 0. The molecule has 0 spiro atoms. The van der Waals surface area contributed by atoms with Crippen molar-refractivity contribution in [3.63, 3.8) is 0 Å². The molecule has 1 aliphatic heterocycles. The summed E-state index contributed by atoms with van der Waals surface area (Å²) in [4.78, 5) is 14.5. The Morgan fingerprint density at radius 2 is 2.42 bits per heavy atom. The predicted octanol–water partition coefficient (Wildman–Crippen LogP) is 1.59. The monoisotopic (exact) mass is 161 g/mol. The van der Waals surface area contributed by atoms with Crippen LogP contribution in [-0.4, -0.2) is 19.1 Å². The zero-order valence-corrected chi connectivity index (χ0v) is 6.36. The van der Waals surface area contributed by atoms with E-state index >= 15 is 0 Å². The molecule has 0 N–H and O–H groups in total. The number of aliphatic imine (C=N–C) groups is 1. The molecule has 0 bridgehead atoms. The Morgan fingerprint density at radius 3 is 3.25 bits per heavy atom. The quantitative estimate of drug-likeness (QED) is 0.586. The molecule has 3 nitrogen and oxygen atoms in total. The van der Waals surface area contributed by atoms with Gasteiger partial charge >= 0.3 is 0 Å². The van der Waals surface area contributed by atoms with E-state index in [1.807, 2.05) is 0 Å². The molecule has 3 heteroatoms. The van der Waals surface area contributed by atoms with Crippen molar-refractivity contribution in [2.24, 2.45) is 4.99 Å². The molecule has 12 heavy (non-hydrogen) atoms. The van der Waals surface area contributed by atoms with Crippen LogP contribution < -0.4 is 4.74 Å². The van der Waals surface area contributed by atoms with E-state index in [0.29, 0.717) is 17.9 Å². The second-order valence-corrected chi connectivity index (χ2v) is 2.47. The van der Waals surface area contributed by atoms with E-state index in [-0.39, 0.29) is 0 Å². The molecule has 2 rings (SSSR count). The fourth-order valence-electron chi connectivity index (χ4n) is 1.09. The van der Waals surface area contributed by atoms with E-state index < -0.39 is 0 Å². The van der Waals surface area contributed by atoms with Gasteiger partial charge < -0.3 is 4.74 Å².